The van der Waals surface area contributed by atoms with E-state index in [2.05, 4.69) is 0 Å². The molecule has 2 aromatic carbocycles. The van der Waals surface area contributed by atoms with Gasteiger partial charge in [0, 0.05) is 12.6 Å². The Morgan fingerprint density at radius 3 is 2.76 bits per heavy atom. The van der Waals surface area contributed by atoms with Gasteiger partial charge in [-0.15, -0.1) is 0 Å². The van der Waals surface area contributed by atoms with Crippen LogP contribution in [0.1, 0.15) is 35.2 Å². The molecule has 1 unspecified atom stereocenters. The highest BCUT2D eigenvalue weighted by Gasteiger charge is 2.32. The van der Waals surface area contributed by atoms with E-state index in [4.69, 9.17) is 9.84 Å². The molecule has 5 nitrogen and oxygen atoms in total. The van der Waals surface area contributed by atoms with Crippen LogP contribution in [0.25, 0.3) is 0 Å². The fraction of sp³-hybridized carbons (Fsp3) is 0.300. The van der Waals surface area contributed by atoms with Crippen molar-refractivity contribution in [1.82, 2.24) is 4.90 Å². The van der Waals surface area contributed by atoms with E-state index >= 15 is 0 Å². The van der Waals surface area contributed by atoms with Crippen LogP contribution in [0.15, 0.2) is 48.5 Å². The summed E-state index contributed by atoms with van der Waals surface area (Å²) in [6.45, 7) is 2.56. The van der Waals surface area contributed by atoms with E-state index in [0.717, 1.165) is 18.4 Å². The zero-order valence-electron chi connectivity index (χ0n) is 14.1. The number of para-hydroxylation sites is 1. The molecule has 2 aromatic rings. The first kappa shape index (κ1) is 17.0. The average molecular weight is 339 g/mol. The van der Waals surface area contributed by atoms with Crippen molar-refractivity contribution >= 4 is 11.9 Å². The number of benzene rings is 2. The minimum Gasteiger partial charge on any atom is -0.481 e. The van der Waals surface area contributed by atoms with Crippen LogP contribution in [0.2, 0.25) is 0 Å². The molecule has 0 aromatic heterocycles. The highest BCUT2D eigenvalue weighted by Crippen LogP contribution is 2.29. The molecule has 0 bridgehead atoms. The lowest BCUT2D eigenvalue weighted by atomic mass is 10.1. The van der Waals surface area contributed by atoms with Crippen molar-refractivity contribution in [2.75, 3.05) is 6.54 Å². The number of aliphatic carboxylic acids is 1. The summed E-state index contributed by atoms with van der Waals surface area (Å²) in [5.41, 5.74) is 1.53. The summed E-state index contributed by atoms with van der Waals surface area (Å²) in [6.07, 6.45) is 1.52. The number of nitrogens with zero attached hydrogens (tertiary/aromatic N) is 1. The largest absolute Gasteiger partial charge is 0.481 e. The summed E-state index contributed by atoms with van der Waals surface area (Å²) in [7, 11) is 0. The van der Waals surface area contributed by atoms with Crippen LogP contribution in [0.3, 0.4) is 0 Å². The quantitative estimate of drug-likeness (QED) is 0.898. The fourth-order valence-corrected chi connectivity index (χ4v) is 3.21. The first-order chi connectivity index (χ1) is 12.0. The van der Waals surface area contributed by atoms with Crippen molar-refractivity contribution in [1.29, 1.82) is 0 Å². The Balaban J connectivity index is 1.84. The molecular weight excluding hydrogens is 318 g/mol. The first-order valence-corrected chi connectivity index (χ1v) is 8.41. The molecule has 1 fully saturated rings. The monoisotopic (exact) mass is 339 g/mol. The van der Waals surface area contributed by atoms with E-state index in [0.29, 0.717) is 23.6 Å². The van der Waals surface area contributed by atoms with Gasteiger partial charge in [0.05, 0.1) is 12.0 Å². The number of hydrogen-bond acceptors (Lipinski definition) is 3. The number of carbonyl (C=O) groups excluding carboxylic acids is 1. The number of ether oxygens (including phenoxy) is 1. The molecule has 1 saturated heterocycles. The number of carboxylic acid groups (broad SMARTS) is 1. The lowest BCUT2D eigenvalue weighted by Crippen LogP contribution is -2.37. The van der Waals surface area contributed by atoms with E-state index in [-0.39, 0.29) is 18.4 Å². The van der Waals surface area contributed by atoms with Crippen LogP contribution in [0.5, 0.6) is 11.5 Å². The summed E-state index contributed by atoms with van der Waals surface area (Å²) in [4.78, 5) is 25.7. The molecule has 0 radical (unpaired) electrons. The molecule has 0 saturated carbocycles. The maximum Gasteiger partial charge on any atom is 0.305 e. The molecule has 5 heteroatoms. The Kier molecular flexibility index (Phi) is 5.03. The second-order valence-electron chi connectivity index (χ2n) is 6.31. The third-order valence-corrected chi connectivity index (χ3v) is 4.38. The van der Waals surface area contributed by atoms with Crippen molar-refractivity contribution in [3.63, 3.8) is 0 Å². The molecule has 0 spiro atoms. The Morgan fingerprint density at radius 1 is 1.20 bits per heavy atom. The van der Waals surface area contributed by atoms with Crippen LogP contribution in [0, 0.1) is 6.92 Å². The van der Waals surface area contributed by atoms with E-state index < -0.39 is 5.97 Å². The van der Waals surface area contributed by atoms with Gasteiger partial charge in [0.1, 0.15) is 11.5 Å². The van der Waals surface area contributed by atoms with Crippen LogP contribution >= 0.6 is 0 Å². The van der Waals surface area contributed by atoms with Gasteiger partial charge in [0.25, 0.3) is 5.91 Å². The van der Waals surface area contributed by atoms with Crippen molar-refractivity contribution < 1.29 is 19.4 Å². The molecule has 3 rings (SSSR count). The third kappa shape index (κ3) is 3.99. The smallest absolute Gasteiger partial charge is 0.305 e. The van der Waals surface area contributed by atoms with Crippen molar-refractivity contribution in [2.24, 2.45) is 0 Å². The second-order valence-corrected chi connectivity index (χ2v) is 6.31. The van der Waals surface area contributed by atoms with E-state index in [1.165, 1.54) is 0 Å². The molecule has 1 heterocycles. The second kappa shape index (κ2) is 7.38. The van der Waals surface area contributed by atoms with Gasteiger partial charge in [-0.2, -0.15) is 0 Å². The van der Waals surface area contributed by atoms with Gasteiger partial charge in [-0.1, -0.05) is 24.3 Å². The normalized spacial score (nSPS) is 16.7. The van der Waals surface area contributed by atoms with Crippen LogP contribution in [-0.2, 0) is 4.79 Å². The molecule has 25 heavy (non-hydrogen) atoms. The molecule has 1 aliphatic heterocycles. The number of hydrogen-bond donors (Lipinski definition) is 1. The van der Waals surface area contributed by atoms with Gasteiger partial charge in [0.2, 0.25) is 0 Å². The number of likely N-dealkylation sites (tertiary alicyclic amines) is 1. The maximum absolute atomic E-state index is 13.0. The van der Waals surface area contributed by atoms with Gasteiger partial charge in [0.15, 0.2) is 0 Å². The van der Waals surface area contributed by atoms with E-state index in [1.807, 2.05) is 37.3 Å². The molecule has 1 aliphatic rings. The summed E-state index contributed by atoms with van der Waals surface area (Å²) < 4.78 is 5.92. The zero-order valence-corrected chi connectivity index (χ0v) is 14.1. The topological polar surface area (TPSA) is 66.8 Å². The average Bonchev–Trinajstić information content (AvgIpc) is 3.02. The van der Waals surface area contributed by atoms with E-state index in [9.17, 15) is 9.59 Å². The Bertz CT molecular complexity index is 787. The maximum atomic E-state index is 13.0. The Morgan fingerprint density at radius 2 is 2.00 bits per heavy atom. The number of carbonyl (C=O) groups is 2. The van der Waals surface area contributed by atoms with Crippen molar-refractivity contribution in [3.05, 3.63) is 59.7 Å². The van der Waals surface area contributed by atoms with Crippen LogP contribution in [-0.4, -0.2) is 34.5 Å². The molecular formula is C20H21NO4. The van der Waals surface area contributed by atoms with Gasteiger partial charge < -0.3 is 14.7 Å². The molecule has 130 valence electrons. The SMILES string of the molecule is Cc1cccc(Oc2ccccc2C(=O)N2CCCC2CC(=O)O)c1. The predicted octanol–water partition coefficient (Wildman–Crippen LogP) is 3.87. The van der Waals surface area contributed by atoms with Crippen molar-refractivity contribution in [2.45, 2.75) is 32.2 Å². The van der Waals surface area contributed by atoms with Gasteiger partial charge in [-0.05, 0) is 49.6 Å². The molecule has 1 atom stereocenters. The third-order valence-electron chi connectivity index (χ3n) is 4.38. The lowest BCUT2D eigenvalue weighted by Gasteiger charge is -2.24. The Labute approximate surface area is 146 Å². The zero-order chi connectivity index (χ0) is 17.8. The summed E-state index contributed by atoms with van der Waals surface area (Å²) in [5.74, 6) is 0.101. The number of aryl methyl sites for hydroxylation is 1. The van der Waals surface area contributed by atoms with Crippen LogP contribution < -0.4 is 4.74 Å². The molecule has 1 N–H and O–H groups in total. The minimum absolute atomic E-state index is 0.0212. The van der Waals surface area contributed by atoms with E-state index in [1.54, 1.807) is 23.1 Å². The minimum atomic E-state index is -0.881. The lowest BCUT2D eigenvalue weighted by molar-refractivity contribution is -0.137. The summed E-state index contributed by atoms with van der Waals surface area (Å²) >= 11 is 0. The highest BCUT2D eigenvalue weighted by molar-refractivity contribution is 5.97. The number of carboxylic acids is 1. The Hall–Kier alpha value is -2.82. The van der Waals surface area contributed by atoms with Crippen LogP contribution in [0.4, 0.5) is 0 Å². The van der Waals surface area contributed by atoms with Gasteiger partial charge in [-0.25, -0.2) is 0 Å². The standard InChI is InChI=1S/C20H21NO4/c1-14-6-4-8-16(12-14)25-18-10-3-2-9-17(18)20(24)21-11-5-7-15(21)13-19(22)23/h2-4,6,8-10,12,15H,5,7,11,13H2,1H3,(H,22,23). The van der Waals surface area contributed by atoms with Crippen molar-refractivity contribution in [3.8, 4) is 11.5 Å². The number of amides is 1. The molecule has 1 amide bonds. The predicted molar refractivity (Wildman–Crippen MR) is 94.0 cm³/mol. The fourth-order valence-electron chi connectivity index (χ4n) is 3.21. The summed E-state index contributed by atoms with van der Waals surface area (Å²) in [6, 6.07) is 14.5. The highest BCUT2D eigenvalue weighted by atomic mass is 16.5. The summed E-state index contributed by atoms with van der Waals surface area (Å²) in [5, 5.41) is 9.06. The molecule has 0 aliphatic carbocycles. The first-order valence-electron chi connectivity index (χ1n) is 8.41. The number of rotatable bonds is 5. The van der Waals surface area contributed by atoms with Gasteiger partial charge in [-0.3, -0.25) is 9.59 Å². The van der Waals surface area contributed by atoms with Gasteiger partial charge >= 0.3 is 5.97 Å².